The first-order chi connectivity index (χ1) is 7.24. The molecule has 0 aromatic rings. The van der Waals surface area contributed by atoms with Crippen molar-refractivity contribution in [1.29, 1.82) is 0 Å². The normalized spacial score (nSPS) is 24.4. The monoisotopic (exact) mass is 210 g/mol. The van der Waals surface area contributed by atoms with E-state index in [1.54, 1.807) is 0 Å². The minimum Gasteiger partial charge on any atom is -0.462 e. The SMILES string of the molecule is CCCC=CCCCC1CC1OC(C)=O. The van der Waals surface area contributed by atoms with Gasteiger partial charge in [0, 0.05) is 6.92 Å². The van der Waals surface area contributed by atoms with Crippen molar-refractivity contribution in [2.45, 2.75) is 58.5 Å². The Bertz CT molecular complexity index is 221. The van der Waals surface area contributed by atoms with Gasteiger partial charge in [0.05, 0.1) is 0 Å². The Kier molecular flexibility index (Phi) is 5.44. The molecular formula is C13H22O2. The summed E-state index contributed by atoms with van der Waals surface area (Å²) in [5, 5.41) is 0. The van der Waals surface area contributed by atoms with E-state index in [1.165, 1.54) is 39.0 Å². The Morgan fingerprint density at radius 3 is 2.80 bits per heavy atom. The van der Waals surface area contributed by atoms with Gasteiger partial charge in [0.2, 0.25) is 0 Å². The first-order valence-corrected chi connectivity index (χ1v) is 6.06. The molecule has 0 saturated heterocycles. The van der Waals surface area contributed by atoms with Crippen molar-refractivity contribution < 1.29 is 9.53 Å². The van der Waals surface area contributed by atoms with Gasteiger partial charge < -0.3 is 4.74 Å². The highest BCUT2D eigenvalue weighted by Crippen LogP contribution is 2.38. The number of unbranched alkanes of at least 4 members (excludes halogenated alkanes) is 2. The van der Waals surface area contributed by atoms with E-state index in [4.69, 9.17) is 4.74 Å². The summed E-state index contributed by atoms with van der Waals surface area (Å²) in [5.74, 6) is 0.513. The fourth-order valence-corrected chi connectivity index (χ4v) is 1.78. The number of rotatable bonds is 7. The van der Waals surface area contributed by atoms with E-state index in [0.29, 0.717) is 5.92 Å². The maximum absolute atomic E-state index is 10.7. The van der Waals surface area contributed by atoms with Crippen LogP contribution in [0.4, 0.5) is 0 Å². The molecule has 0 N–H and O–H groups in total. The van der Waals surface area contributed by atoms with Crippen LogP contribution in [-0.4, -0.2) is 12.1 Å². The summed E-state index contributed by atoms with van der Waals surface area (Å²) in [6, 6.07) is 0. The van der Waals surface area contributed by atoms with E-state index in [2.05, 4.69) is 19.1 Å². The highest BCUT2D eigenvalue weighted by atomic mass is 16.5. The summed E-state index contributed by atoms with van der Waals surface area (Å²) < 4.78 is 5.11. The lowest BCUT2D eigenvalue weighted by atomic mass is 10.1. The van der Waals surface area contributed by atoms with Gasteiger partial charge in [-0.25, -0.2) is 0 Å². The lowest BCUT2D eigenvalue weighted by Crippen LogP contribution is -2.02. The van der Waals surface area contributed by atoms with E-state index < -0.39 is 0 Å². The topological polar surface area (TPSA) is 26.3 Å². The van der Waals surface area contributed by atoms with Crippen molar-refractivity contribution in [3.05, 3.63) is 12.2 Å². The largest absolute Gasteiger partial charge is 0.462 e. The van der Waals surface area contributed by atoms with Crippen LogP contribution in [0.5, 0.6) is 0 Å². The molecule has 0 heterocycles. The molecule has 2 heteroatoms. The first kappa shape index (κ1) is 12.3. The van der Waals surface area contributed by atoms with Crippen LogP contribution >= 0.6 is 0 Å². The summed E-state index contributed by atoms with van der Waals surface area (Å²) >= 11 is 0. The standard InChI is InChI=1S/C13H22O2/c1-3-4-5-6-7-8-9-12-10-13(12)15-11(2)14/h5-6,12-13H,3-4,7-10H2,1-2H3. The maximum Gasteiger partial charge on any atom is 0.302 e. The van der Waals surface area contributed by atoms with Crippen LogP contribution in [0.25, 0.3) is 0 Å². The van der Waals surface area contributed by atoms with Gasteiger partial charge in [0.15, 0.2) is 0 Å². The average Bonchev–Trinajstić information content (AvgIpc) is 2.89. The Morgan fingerprint density at radius 1 is 1.40 bits per heavy atom. The van der Waals surface area contributed by atoms with Gasteiger partial charge in [-0.05, 0) is 38.0 Å². The van der Waals surface area contributed by atoms with Crippen LogP contribution in [0.2, 0.25) is 0 Å². The zero-order valence-corrected chi connectivity index (χ0v) is 9.87. The van der Waals surface area contributed by atoms with E-state index in [0.717, 1.165) is 6.42 Å². The predicted molar refractivity (Wildman–Crippen MR) is 61.6 cm³/mol. The summed E-state index contributed by atoms with van der Waals surface area (Å²) in [7, 11) is 0. The lowest BCUT2D eigenvalue weighted by molar-refractivity contribution is -0.142. The van der Waals surface area contributed by atoms with E-state index >= 15 is 0 Å². The molecule has 0 radical (unpaired) electrons. The van der Waals surface area contributed by atoms with Gasteiger partial charge in [0.25, 0.3) is 0 Å². The van der Waals surface area contributed by atoms with Gasteiger partial charge in [-0.15, -0.1) is 0 Å². The van der Waals surface area contributed by atoms with Gasteiger partial charge in [-0.3, -0.25) is 4.79 Å². The number of esters is 1. The van der Waals surface area contributed by atoms with E-state index in [9.17, 15) is 4.79 Å². The Hall–Kier alpha value is -0.790. The second-order valence-electron chi connectivity index (χ2n) is 4.33. The molecule has 1 saturated carbocycles. The predicted octanol–water partition coefficient (Wildman–Crippen LogP) is 3.46. The Morgan fingerprint density at radius 2 is 2.13 bits per heavy atom. The fraction of sp³-hybridized carbons (Fsp3) is 0.769. The van der Waals surface area contributed by atoms with Crippen molar-refractivity contribution in [2.75, 3.05) is 0 Å². The molecule has 2 unspecified atom stereocenters. The minimum absolute atomic E-state index is 0.134. The summed E-state index contributed by atoms with van der Waals surface area (Å²) in [4.78, 5) is 10.7. The van der Waals surface area contributed by atoms with Crippen LogP contribution in [0.15, 0.2) is 12.2 Å². The molecular weight excluding hydrogens is 188 g/mol. The minimum atomic E-state index is -0.134. The highest BCUT2D eigenvalue weighted by molar-refractivity contribution is 5.66. The molecule has 1 aliphatic carbocycles. The smallest absolute Gasteiger partial charge is 0.302 e. The molecule has 86 valence electrons. The highest BCUT2D eigenvalue weighted by Gasteiger charge is 2.39. The van der Waals surface area contributed by atoms with Crippen LogP contribution < -0.4 is 0 Å². The van der Waals surface area contributed by atoms with Crippen LogP contribution in [0.1, 0.15) is 52.4 Å². The molecule has 2 atom stereocenters. The number of carbonyl (C=O) groups excluding carboxylic acids is 1. The third kappa shape index (κ3) is 5.60. The zero-order valence-electron chi connectivity index (χ0n) is 9.87. The van der Waals surface area contributed by atoms with Crippen LogP contribution in [-0.2, 0) is 9.53 Å². The maximum atomic E-state index is 10.7. The van der Waals surface area contributed by atoms with Gasteiger partial charge in [0.1, 0.15) is 6.10 Å². The van der Waals surface area contributed by atoms with Crippen molar-refractivity contribution in [2.24, 2.45) is 5.92 Å². The van der Waals surface area contributed by atoms with Crippen molar-refractivity contribution in [3.8, 4) is 0 Å². The van der Waals surface area contributed by atoms with Crippen LogP contribution in [0.3, 0.4) is 0 Å². The number of allylic oxidation sites excluding steroid dienone is 2. The molecule has 0 spiro atoms. The molecule has 0 aromatic heterocycles. The number of hydrogen-bond donors (Lipinski definition) is 0. The van der Waals surface area contributed by atoms with Gasteiger partial charge >= 0.3 is 5.97 Å². The van der Waals surface area contributed by atoms with Gasteiger partial charge in [-0.2, -0.15) is 0 Å². The summed E-state index contributed by atoms with van der Waals surface area (Å²) in [6.07, 6.45) is 11.9. The molecule has 1 rings (SSSR count). The van der Waals surface area contributed by atoms with E-state index in [1.807, 2.05) is 0 Å². The quantitative estimate of drug-likeness (QED) is 0.365. The van der Waals surface area contributed by atoms with Crippen molar-refractivity contribution >= 4 is 5.97 Å². The molecule has 2 nitrogen and oxygen atoms in total. The number of carbonyl (C=O) groups is 1. The Labute approximate surface area is 92.7 Å². The molecule has 15 heavy (non-hydrogen) atoms. The lowest BCUT2D eigenvalue weighted by Gasteiger charge is -1.99. The molecule has 0 bridgehead atoms. The Balaban J connectivity index is 1.92. The second kappa shape index (κ2) is 6.65. The molecule has 0 aromatic carbocycles. The van der Waals surface area contributed by atoms with Crippen LogP contribution in [0, 0.1) is 5.92 Å². The molecule has 1 aliphatic rings. The van der Waals surface area contributed by atoms with Gasteiger partial charge in [-0.1, -0.05) is 25.5 Å². The first-order valence-electron chi connectivity index (χ1n) is 6.06. The van der Waals surface area contributed by atoms with E-state index in [-0.39, 0.29) is 12.1 Å². The zero-order chi connectivity index (χ0) is 11.1. The third-order valence-electron chi connectivity index (χ3n) is 2.74. The fourth-order valence-electron chi connectivity index (χ4n) is 1.78. The molecule has 0 amide bonds. The van der Waals surface area contributed by atoms with Crippen molar-refractivity contribution in [3.63, 3.8) is 0 Å². The molecule has 1 fully saturated rings. The number of hydrogen-bond acceptors (Lipinski definition) is 2. The average molecular weight is 210 g/mol. The third-order valence-corrected chi connectivity index (χ3v) is 2.74. The number of ether oxygens (including phenoxy) is 1. The second-order valence-corrected chi connectivity index (χ2v) is 4.33. The van der Waals surface area contributed by atoms with Crippen molar-refractivity contribution in [1.82, 2.24) is 0 Å². The molecule has 0 aliphatic heterocycles. The summed E-state index contributed by atoms with van der Waals surface area (Å²) in [6.45, 7) is 3.68. The summed E-state index contributed by atoms with van der Waals surface area (Å²) in [5.41, 5.74) is 0.